The van der Waals surface area contributed by atoms with E-state index in [2.05, 4.69) is 41.7 Å². The minimum absolute atomic E-state index is 0.421. The number of hydrogen-bond acceptors (Lipinski definition) is 3. The molecule has 1 saturated heterocycles. The largest absolute Gasteiger partial charge is 0.305 e. The Morgan fingerprint density at radius 1 is 1.57 bits per heavy atom. The third-order valence-corrected chi connectivity index (χ3v) is 3.63. The zero-order chi connectivity index (χ0) is 10.4. The average molecular weight is 212 g/mol. The summed E-state index contributed by atoms with van der Waals surface area (Å²) in [5.74, 6) is 3.84. The fourth-order valence-electron chi connectivity index (χ4n) is 1.70. The summed E-state index contributed by atoms with van der Waals surface area (Å²) in [6, 6.07) is 0. The summed E-state index contributed by atoms with van der Waals surface area (Å²) in [6.07, 6.45) is 5.16. The molecule has 1 aliphatic heterocycles. The van der Waals surface area contributed by atoms with Crippen LogP contribution in [0, 0.1) is 12.3 Å². The molecule has 1 rings (SSSR count). The van der Waals surface area contributed by atoms with Crippen molar-refractivity contribution in [1.29, 1.82) is 0 Å². The minimum Gasteiger partial charge on any atom is -0.305 e. The molecular formula is C11H20N2S. The smallest absolute Gasteiger partial charge is 0.0574 e. The van der Waals surface area contributed by atoms with E-state index < -0.39 is 0 Å². The summed E-state index contributed by atoms with van der Waals surface area (Å²) in [5, 5.41) is 3.23. The Labute approximate surface area is 91.8 Å². The maximum atomic E-state index is 5.16. The highest BCUT2D eigenvalue weighted by molar-refractivity contribution is 8.00. The fraction of sp³-hybridized carbons (Fsp3) is 0.818. The van der Waals surface area contributed by atoms with Gasteiger partial charge in [-0.15, -0.1) is 6.42 Å². The van der Waals surface area contributed by atoms with E-state index in [-0.39, 0.29) is 0 Å². The summed E-state index contributed by atoms with van der Waals surface area (Å²) in [4.78, 5) is 2.51. The van der Waals surface area contributed by atoms with Crippen molar-refractivity contribution >= 4 is 11.8 Å². The predicted octanol–water partition coefficient (Wildman–Crippen LogP) is 1.04. The van der Waals surface area contributed by atoms with E-state index in [1.807, 2.05) is 0 Å². The number of thioether (sulfide) groups is 1. The first kappa shape index (κ1) is 11.9. The molecule has 0 atom stereocenters. The van der Waals surface area contributed by atoms with E-state index in [1.165, 1.54) is 18.8 Å². The van der Waals surface area contributed by atoms with E-state index >= 15 is 0 Å². The van der Waals surface area contributed by atoms with Crippen LogP contribution in [0.25, 0.3) is 0 Å². The van der Waals surface area contributed by atoms with Crippen LogP contribution in [-0.2, 0) is 0 Å². The number of nitrogens with one attached hydrogen (secondary N) is 1. The van der Waals surface area contributed by atoms with Crippen molar-refractivity contribution in [3.05, 3.63) is 0 Å². The number of hydrogen-bond donors (Lipinski definition) is 1. The van der Waals surface area contributed by atoms with Gasteiger partial charge in [-0.25, -0.2) is 0 Å². The molecule has 80 valence electrons. The molecule has 1 heterocycles. The monoisotopic (exact) mass is 212 g/mol. The second kappa shape index (κ2) is 5.65. The first-order valence-corrected chi connectivity index (χ1v) is 6.13. The van der Waals surface area contributed by atoms with Gasteiger partial charge in [-0.1, -0.05) is 5.92 Å². The predicted molar refractivity (Wildman–Crippen MR) is 64.7 cm³/mol. The van der Waals surface area contributed by atoms with E-state index in [4.69, 9.17) is 6.42 Å². The van der Waals surface area contributed by atoms with Gasteiger partial charge in [-0.2, -0.15) is 11.8 Å². The standard InChI is InChI=1S/C11H20N2S/c1-4-5-12-6-7-13-8-9-14-11(2,3)10-13/h1,12H,5-10H2,2-3H3. The maximum Gasteiger partial charge on any atom is 0.0574 e. The lowest BCUT2D eigenvalue weighted by molar-refractivity contribution is 0.261. The molecule has 0 saturated carbocycles. The van der Waals surface area contributed by atoms with Crippen molar-refractivity contribution in [2.24, 2.45) is 0 Å². The van der Waals surface area contributed by atoms with Crippen molar-refractivity contribution in [2.45, 2.75) is 18.6 Å². The molecule has 0 bridgehead atoms. The normalized spacial score (nSPS) is 21.8. The molecule has 0 radical (unpaired) electrons. The molecule has 0 aromatic rings. The third-order valence-electron chi connectivity index (χ3n) is 2.34. The van der Waals surface area contributed by atoms with Crippen molar-refractivity contribution in [3.63, 3.8) is 0 Å². The van der Waals surface area contributed by atoms with Gasteiger partial charge in [0.1, 0.15) is 0 Å². The molecule has 3 heteroatoms. The Morgan fingerprint density at radius 3 is 3.00 bits per heavy atom. The van der Waals surface area contributed by atoms with Gasteiger partial charge in [0.05, 0.1) is 6.54 Å². The summed E-state index contributed by atoms with van der Waals surface area (Å²) in [7, 11) is 0. The molecule has 1 fully saturated rings. The fourth-order valence-corrected chi connectivity index (χ4v) is 2.88. The molecular weight excluding hydrogens is 192 g/mol. The van der Waals surface area contributed by atoms with Crippen LogP contribution >= 0.6 is 11.8 Å². The lowest BCUT2D eigenvalue weighted by Crippen LogP contribution is -2.45. The van der Waals surface area contributed by atoms with Gasteiger partial charge in [-0.3, -0.25) is 4.90 Å². The van der Waals surface area contributed by atoms with Crippen molar-refractivity contribution < 1.29 is 0 Å². The second-order valence-corrected chi connectivity index (χ2v) is 6.07. The highest BCUT2D eigenvalue weighted by Crippen LogP contribution is 2.28. The number of rotatable bonds is 4. The highest BCUT2D eigenvalue weighted by Gasteiger charge is 2.26. The summed E-state index contributed by atoms with van der Waals surface area (Å²) >= 11 is 2.07. The van der Waals surface area contributed by atoms with Gasteiger partial charge in [-0.05, 0) is 13.8 Å². The molecule has 0 amide bonds. The van der Waals surface area contributed by atoms with Crippen LogP contribution in [-0.4, -0.2) is 48.1 Å². The van der Waals surface area contributed by atoms with Crippen LogP contribution in [0.4, 0.5) is 0 Å². The minimum atomic E-state index is 0.421. The highest BCUT2D eigenvalue weighted by atomic mass is 32.2. The van der Waals surface area contributed by atoms with Gasteiger partial charge in [0, 0.05) is 36.7 Å². The molecule has 0 spiro atoms. The first-order valence-electron chi connectivity index (χ1n) is 5.14. The van der Waals surface area contributed by atoms with Crippen molar-refractivity contribution in [3.8, 4) is 12.3 Å². The van der Waals surface area contributed by atoms with Crippen LogP contribution in [0.15, 0.2) is 0 Å². The zero-order valence-corrected chi connectivity index (χ0v) is 9.99. The Kier molecular flexibility index (Phi) is 4.80. The van der Waals surface area contributed by atoms with Crippen LogP contribution in [0.1, 0.15) is 13.8 Å². The summed E-state index contributed by atoms with van der Waals surface area (Å²) in [6.45, 7) is 9.85. The zero-order valence-electron chi connectivity index (χ0n) is 9.18. The molecule has 14 heavy (non-hydrogen) atoms. The average Bonchev–Trinajstić information content (AvgIpc) is 2.11. The van der Waals surface area contributed by atoms with E-state index in [0.29, 0.717) is 11.3 Å². The van der Waals surface area contributed by atoms with E-state index in [1.54, 1.807) is 0 Å². The van der Waals surface area contributed by atoms with Crippen molar-refractivity contribution in [1.82, 2.24) is 10.2 Å². The molecule has 1 N–H and O–H groups in total. The first-order chi connectivity index (χ1) is 6.64. The molecule has 2 nitrogen and oxygen atoms in total. The lowest BCUT2D eigenvalue weighted by atomic mass is 10.2. The lowest BCUT2D eigenvalue weighted by Gasteiger charge is -2.37. The van der Waals surface area contributed by atoms with Gasteiger partial charge in [0.25, 0.3) is 0 Å². The number of nitrogens with zero attached hydrogens (tertiary/aromatic N) is 1. The molecule has 0 unspecified atom stereocenters. The molecule has 1 aliphatic rings. The Morgan fingerprint density at radius 2 is 2.36 bits per heavy atom. The molecule has 0 aromatic carbocycles. The maximum absolute atomic E-state index is 5.16. The molecule has 0 aliphatic carbocycles. The topological polar surface area (TPSA) is 15.3 Å². The summed E-state index contributed by atoms with van der Waals surface area (Å²) in [5.41, 5.74) is 0. The Bertz CT molecular complexity index is 208. The van der Waals surface area contributed by atoms with Gasteiger partial charge in [0.2, 0.25) is 0 Å². The number of terminal acetylenes is 1. The Balaban J connectivity index is 2.15. The SMILES string of the molecule is C#CCNCCN1CCSC(C)(C)C1. The third kappa shape index (κ3) is 4.36. The summed E-state index contributed by atoms with van der Waals surface area (Å²) < 4.78 is 0.421. The van der Waals surface area contributed by atoms with Crippen molar-refractivity contribution in [2.75, 3.05) is 38.5 Å². The molecule has 0 aromatic heterocycles. The van der Waals surface area contributed by atoms with E-state index in [9.17, 15) is 0 Å². The van der Waals surface area contributed by atoms with Crippen LogP contribution in [0.5, 0.6) is 0 Å². The van der Waals surface area contributed by atoms with Crippen LogP contribution < -0.4 is 5.32 Å². The Hall–Kier alpha value is -0.170. The van der Waals surface area contributed by atoms with E-state index in [0.717, 1.165) is 13.1 Å². The van der Waals surface area contributed by atoms with Crippen LogP contribution in [0.2, 0.25) is 0 Å². The quantitative estimate of drug-likeness (QED) is 0.554. The second-order valence-electron chi connectivity index (χ2n) is 4.27. The van der Waals surface area contributed by atoms with Gasteiger partial charge >= 0.3 is 0 Å². The van der Waals surface area contributed by atoms with Gasteiger partial charge < -0.3 is 5.32 Å². The van der Waals surface area contributed by atoms with Crippen LogP contribution in [0.3, 0.4) is 0 Å². The van der Waals surface area contributed by atoms with Gasteiger partial charge in [0.15, 0.2) is 0 Å².